The Labute approximate surface area is 382 Å². The number of aliphatic imine (C=N–C) groups is 4. The first-order valence-corrected chi connectivity index (χ1v) is 18.2. The summed E-state index contributed by atoms with van der Waals surface area (Å²) < 4.78 is 303. The molecule has 0 saturated heterocycles. The molecule has 9 rings (SSSR count). The first kappa shape index (κ1) is 48.2. The van der Waals surface area contributed by atoms with Crippen molar-refractivity contribution in [2.45, 2.75) is 0 Å². The van der Waals surface area contributed by atoms with Gasteiger partial charge in [-0.25, -0.2) is 108 Å². The molecule has 5 aliphatic rings. The van der Waals surface area contributed by atoms with E-state index in [2.05, 4.69) is 20.0 Å². The van der Waals surface area contributed by atoms with E-state index in [1.54, 1.807) is 0 Å². The fourth-order valence-corrected chi connectivity index (χ4v) is 7.41. The monoisotopic (exact) mass is 1080 g/mol. The van der Waals surface area contributed by atoms with Crippen molar-refractivity contribution in [2.24, 2.45) is 20.0 Å². The van der Waals surface area contributed by atoms with Crippen molar-refractivity contribution in [2.75, 3.05) is 0 Å². The van der Waals surface area contributed by atoms with E-state index in [0.717, 1.165) is 0 Å². The van der Waals surface area contributed by atoms with Gasteiger partial charge in [0.2, 0.25) is 23.3 Å². The summed E-state index contributed by atoms with van der Waals surface area (Å²) in [6.07, 6.45) is 4.53. The Morgan fingerprint density at radius 1 is 0.188 bits per heavy atom. The molecule has 0 spiro atoms. The maximum atomic E-state index is 15.8. The quantitative estimate of drug-likeness (QED) is 0.0846. The largest absolute Gasteiger partial charge is 0.248 e. The number of rotatable bonds is 4. The van der Waals surface area contributed by atoms with Crippen LogP contribution in [0.5, 0.6) is 0 Å². The molecular formula is C44H8F20N4Pd. The van der Waals surface area contributed by atoms with Gasteiger partial charge in [-0.2, -0.15) is 0 Å². The number of hydrogen-bond acceptors (Lipinski definition) is 4. The van der Waals surface area contributed by atoms with Gasteiger partial charge < -0.3 is 0 Å². The topological polar surface area (TPSA) is 49.4 Å². The third-order valence-corrected chi connectivity index (χ3v) is 10.4. The molecule has 0 radical (unpaired) electrons. The van der Waals surface area contributed by atoms with Gasteiger partial charge in [-0.15, -0.1) is 0 Å². The summed E-state index contributed by atoms with van der Waals surface area (Å²) >= 11 is 0. The van der Waals surface area contributed by atoms with E-state index in [-0.39, 0.29) is 20.4 Å². The molecule has 69 heavy (non-hydrogen) atoms. The molecule has 0 aliphatic carbocycles. The third-order valence-electron chi connectivity index (χ3n) is 10.4. The molecule has 0 atom stereocenters. The molecule has 5 heterocycles. The van der Waals surface area contributed by atoms with Crippen LogP contribution in [0.15, 0.2) is 91.4 Å². The van der Waals surface area contributed by atoms with Gasteiger partial charge in [0.05, 0.1) is 67.9 Å². The molecule has 354 valence electrons. The van der Waals surface area contributed by atoms with Crippen molar-refractivity contribution in [3.63, 3.8) is 0 Å². The van der Waals surface area contributed by atoms with Crippen LogP contribution in [-0.2, 0) is 20.4 Å². The number of fused-ring (bicyclic) bond motifs is 4. The Kier molecular flexibility index (Phi) is 11.9. The van der Waals surface area contributed by atoms with E-state index < -0.39 is 207 Å². The molecule has 25 heteroatoms. The second kappa shape index (κ2) is 17.1. The van der Waals surface area contributed by atoms with Crippen LogP contribution >= 0.6 is 0 Å². The Balaban J connectivity index is 0.00000642. The van der Waals surface area contributed by atoms with Gasteiger partial charge in [0.15, 0.2) is 93.1 Å². The molecule has 0 N–H and O–H groups in total. The van der Waals surface area contributed by atoms with Crippen molar-refractivity contribution >= 4 is 45.1 Å². The summed E-state index contributed by atoms with van der Waals surface area (Å²) in [5, 5.41) is 0. The minimum atomic E-state index is -2.73. The number of nitrogens with zero attached hydrogens (tertiary/aromatic N) is 4. The van der Waals surface area contributed by atoms with Crippen molar-refractivity contribution < 1.29 is 108 Å². The summed E-state index contributed by atoms with van der Waals surface area (Å²) in [5.74, 6) is -53.1. The Bertz CT molecular complexity index is 2970. The number of benzene rings is 4. The minimum Gasteiger partial charge on any atom is -0.248 e. The number of hydrogen-bond donors (Lipinski definition) is 0. The summed E-state index contributed by atoms with van der Waals surface area (Å²) in [6, 6.07) is 0. The SMILES string of the molecule is Fc1c(F)c(F)c(C2=C3C=CC(=N3)C(c3c(F)c(F)c(F)c(F)c3F)=C3C=CC(=N3)C(c3c(F)c(F)c(F)c(F)c3F)=C3C=CC(=N3)C(c3c(F)c(F)c(F)c(F)c3F)=C3C=CC2=N3)c(F)c1F.[Pd]. The molecule has 4 aromatic rings. The predicted octanol–water partition coefficient (Wildman–Crippen LogP) is 12.5. The first-order valence-electron chi connectivity index (χ1n) is 18.2. The molecule has 0 unspecified atom stereocenters. The van der Waals surface area contributed by atoms with Crippen LogP contribution in [0.1, 0.15) is 22.3 Å². The fourth-order valence-electron chi connectivity index (χ4n) is 7.41. The smallest absolute Gasteiger partial charge is 0.200 e. The van der Waals surface area contributed by atoms with Gasteiger partial charge in [-0.3, -0.25) is 0 Å². The van der Waals surface area contributed by atoms with Gasteiger partial charge in [0.1, 0.15) is 0 Å². The van der Waals surface area contributed by atoms with Gasteiger partial charge in [0.25, 0.3) is 0 Å². The molecule has 0 amide bonds. The number of allylic oxidation sites excluding steroid dienone is 12. The minimum absolute atomic E-state index is 0. The summed E-state index contributed by atoms with van der Waals surface area (Å²) in [6.45, 7) is 0. The normalized spacial score (nSPS) is 16.2. The fraction of sp³-hybridized carbons (Fsp3) is 0. The molecule has 8 bridgehead atoms. The van der Waals surface area contributed by atoms with E-state index in [9.17, 15) is 52.7 Å². The molecule has 0 aromatic heterocycles. The molecule has 5 aliphatic heterocycles. The van der Waals surface area contributed by atoms with Crippen LogP contribution in [0.3, 0.4) is 0 Å². The van der Waals surface area contributed by atoms with E-state index in [0.29, 0.717) is 48.6 Å². The van der Waals surface area contributed by atoms with Crippen molar-refractivity contribution in [3.8, 4) is 0 Å². The van der Waals surface area contributed by atoms with E-state index in [1.165, 1.54) is 0 Å². The van der Waals surface area contributed by atoms with Crippen LogP contribution in [0.4, 0.5) is 87.8 Å². The molecular weight excluding hydrogens is 1070 g/mol. The van der Waals surface area contributed by atoms with Crippen LogP contribution in [0, 0.1) is 116 Å². The molecule has 4 nitrogen and oxygen atoms in total. The molecule has 0 saturated carbocycles. The first-order chi connectivity index (χ1) is 32.1. The predicted molar refractivity (Wildman–Crippen MR) is 199 cm³/mol. The number of halogens is 20. The average Bonchev–Trinajstić information content (AvgIpc) is 4.18. The second-order valence-corrected chi connectivity index (χ2v) is 14.1. The maximum Gasteiger partial charge on any atom is 0.200 e. The Morgan fingerprint density at radius 3 is 0.464 bits per heavy atom. The van der Waals surface area contributed by atoms with Crippen LogP contribution in [-0.4, -0.2) is 22.8 Å². The summed E-state index contributed by atoms with van der Waals surface area (Å²) in [5.41, 5.74) is -21.6. The summed E-state index contributed by atoms with van der Waals surface area (Å²) in [4.78, 5) is 15.6. The second-order valence-electron chi connectivity index (χ2n) is 14.1. The van der Waals surface area contributed by atoms with Gasteiger partial charge in [-0.1, -0.05) is 0 Å². The zero-order valence-electron chi connectivity index (χ0n) is 32.3. The average molecular weight is 1080 g/mol. The van der Waals surface area contributed by atoms with Crippen molar-refractivity contribution in [1.29, 1.82) is 0 Å². The van der Waals surface area contributed by atoms with Crippen LogP contribution < -0.4 is 0 Å². The van der Waals surface area contributed by atoms with E-state index >= 15 is 35.1 Å². The third kappa shape index (κ3) is 7.02. The van der Waals surface area contributed by atoms with Crippen LogP contribution in [0.25, 0.3) is 22.3 Å². The molecule has 4 aromatic carbocycles. The Hall–Kier alpha value is -7.26. The Morgan fingerprint density at radius 2 is 0.319 bits per heavy atom. The zero-order valence-corrected chi connectivity index (χ0v) is 33.8. The van der Waals surface area contributed by atoms with E-state index in [4.69, 9.17) is 0 Å². The summed E-state index contributed by atoms with van der Waals surface area (Å²) in [7, 11) is 0. The van der Waals surface area contributed by atoms with Crippen molar-refractivity contribution in [1.82, 2.24) is 0 Å². The molecule has 0 fully saturated rings. The van der Waals surface area contributed by atoms with Crippen molar-refractivity contribution in [3.05, 3.63) is 210 Å². The zero-order chi connectivity index (χ0) is 49.3. The van der Waals surface area contributed by atoms with Crippen LogP contribution in [0.2, 0.25) is 0 Å². The standard InChI is InChI=1S/C44H8F20N4.Pd/c45-25-21(26(46)34(54)41(61)33(25)53)17-9-1-2-10(65-9)18(22-27(47)35(55)42(62)36(56)28(22)48)12-5-6-14(67-12)20(24-31(51)39(59)44(64)40(60)32(24)52)16-8-7-15(68-16)19(13-4-3-11(17)66-13)23-29(49)37(57)43(63)38(58)30(23)50;/h1-8H;. The van der Waals surface area contributed by atoms with Gasteiger partial charge in [0, 0.05) is 42.7 Å². The maximum absolute atomic E-state index is 15.8. The van der Waals surface area contributed by atoms with Gasteiger partial charge >= 0.3 is 0 Å². The van der Waals surface area contributed by atoms with Gasteiger partial charge in [-0.05, 0) is 48.6 Å². The van der Waals surface area contributed by atoms with E-state index in [1.807, 2.05) is 0 Å².